The van der Waals surface area contributed by atoms with Gasteiger partial charge in [-0.25, -0.2) is 4.79 Å². The summed E-state index contributed by atoms with van der Waals surface area (Å²) in [5.41, 5.74) is 0.000928. The van der Waals surface area contributed by atoms with Gasteiger partial charge in [0.05, 0.1) is 37.6 Å². The molecule has 2 aromatic rings. The number of nitriles is 3. The molecule has 192 valence electrons. The Bertz CT molecular complexity index is 1370. The molecule has 0 aromatic heterocycles. The van der Waals surface area contributed by atoms with Gasteiger partial charge in [-0.05, 0) is 35.8 Å². The van der Waals surface area contributed by atoms with Crippen molar-refractivity contribution < 1.29 is 19.0 Å². The number of hydrogen-bond acceptors (Lipinski definition) is 8. The highest BCUT2D eigenvalue weighted by atomic mass is 16.6. The number of carbonyl (C=O) groups excluding carboxylic acids is 1. The summed E-state index contributed by atoms with van der Waals surface area (Å²) in [6.45, 7) is 2.58. The molecule has 9 heteroatoms. The van der Waals surface area contributed by atoms with Gasteiger partial charge in [0.2, 0.25) is 0 Å². The highest BCUT2D eigenvalue weighted by Crippen LogP contribution is 2.54. The summed E-state index contributed by atoms with van der Waals surface area (Å²) in [7, 11) is 1.50. The third-order valence-electron chi connectivity index (χ3n) is 7.10. The van der Waals surface area contributed by atoms with Crippen molar-refractivity contribution in [2.45, 2.75) is 19.4 Å². The van der Waals surface area contributed by atoms with Crippen molar-refractivity contribution in [3.8, 4) is 29.7 Å². The van der Waals surface area contributed by atoms with E-state index >= 15 is 0 Å². The first-order valence-corrected chi connectivity index (χ1v) is 12.2. The van der Waals surface area contributed by atoms with Crippen LogP contribution >= 0.6 is 0 Å². The molecule has 2 aliphatic rings. The fourth-order valence-corrected chi connectivity index (χ4v) is 5.28. The minimum atomic E-state index is -1.92. The summed E-state index contributed by atoms with van der Waals surface area (Å²) in [5.74, 6) is -1.55. The molecule has 1 aliphatic heterocycles. The van der Waals surface area contributed by atoms with Crippen LogP contribution in [0.2, 0.25) is 0 Å². The molecule has 0 radical (unpaired) electrons. The van der Waals surface area contributed by atoms with Crippen LogP contribution in [0.5, 0.6) is 11.5 Å². The van der Waals surface area contributed by atoms with Gasteiger partial charge in [-0.15, -0.1) is 0 Å². The van der Waals surface area contributed by atoms with Crippen LogP contribution in [0.25, 0.3) is 0 Å². The molecule has 0 saturated heterocycles. The Morgan fingerprint density at radius 3 is 2.50 bits per heavy atom. The average molecular weight is 510 g/mol. The number of methoxy groups -OCH3 is 1. The third kappa shape index (κ3) is 4.53. The first-order chi connectivity index (χ1) is 18.4. The van der Waals surface area contributed by atoms with E-state index in [0.29, 0.717) is 29.2 Å². The Hall–Kier alpha value is -4.81. The molecule has 1 aliphatic carbocycles. The molecule has 1 heterocycles. The molecular formula is C29H27N5O4. The van der Waals surface area contributed by atoms with Gasteiger partial charge in [0.1, 0.15) is 12.5 Å². The average Bonchev–Trinajstić information content (AvgIpc) is 2.96. The SMILES string of the molecule is CCOC(=O)N1CC=C2C(C#N)C(=N)C(C#N)(C#N)C(c3ccc(OCc4ccccc4)c(OC)c3)C2C1. The number of benzene rings is 2. The largest absolute Gasteiger partial charge is 0.493 e. The van der Waals surface area contributed by atoms with Crippen LogP contribution in [0.1, 0.15) is 24.0 Å². The zero-order chi connectivity index (χ0) is 27.3. The van der Waals surface area contributed by atoms with E-state index in [1.54, 1.807) is 31.2 Å². The van der Waals surface area contributed by atoms with Gasteiger partial charge in [0, 0.05) is 24.9 Å². The topological polar surface area (TPSA) is 143 Å². The second-order valence-corrected chi connectivity index (χ2v) is 9.08. The van der Waals surface area contributed by atoms with Crippen molar-refractivity contribution in [1.29, 1.82) is 21.2 Å². The lowest BCUT2D eigenvalue weighted by Gasteiger charge is -2.47. The third-order valence-corrected chi connectivity index (χ3v) is 7.10. The summed E-state index contributed by atoms with van der Waals surface area (Å²) in [6.07, 6.45) is 1.23. The normalized spacial score (nSPS) is 21.6. The molecule has 4 rings (SSSR count). The fraction of sp³-hybridized carbons (Fsp3) is 0.345. The molecule has 1 fully saturated rings. The number of nitrogens with one attached hydrogen (secondary N) is 1. The number of ether oxygens (including phenoxy) is 3. The van der Waals surface area contributed by atoms with Crippen molar-refractivity contribution in [2.75, 3.05) is 26.8 Å². The standard InChI is InChI=1S/C29H27N5O4/c1-3-37-28(35)34-12-11-21-22(14-30)27(33)29(17-31,18-32)26(23(21)15-34)20-9-10-24(25(13-20)36-2)38-16-19-7-5-4-6-8-19/h4-11,13,22-23,26,33H,3,12,15-16H2,1-2H3. The predicted molar refractivity (Wildman–Crippen MR) is 137 cm³/mol. The molecule has 3 atom stereocenters. The Balaban J connectivity index is 1.78. The molecular weight excluding hydrogens is 482 g/mol. The molecule has 0 bridgehead atoms. The van der Waals surface area contributed by atoms with Gasteiger partial charge in [-0.3, -0.25) is 0 Å². The quantitative estimate of drug-likeness (QED) is 0.561. The Labute approximate surface area is 221 Å². The van der Waals surface area contributed by atoms with E-state index in [4.69, 9.17) is 19.6 Å². The van der Waals surface area contributed by atoms with Crippen LogP contribution in [0, 0.1) is 56.7 Å². The summed E-state index contributed by atoms with van der Waals surface area (Å²) < 4.78 is 16.8. The first-order valence-electron chi connectivity index (χ1n) is 12.2. The smallest absolute Gasteiger partial charge is 0.410 e. The maximum atomic E-state index is 12.6. The van der Waals surface area contributed by atoms with Crippen molar-refractivity contribution in [1.82, 2.24) is 4.90 Å². The van der Waals surface area contributed by atoms with Crippen LogP contribution in [0.4, 0.5) is 4.79 Å². The molecule has 9 nitrogen and oxygen atoms in total. The Morgan fingerprint density at radius 1 is 1.13 bits per heavy atom. The second kappa shape index (κ2) is 11.1. The highest BCUT2D eigenvalue weighted by Gasteiger charge is 2.58. The van der Waals surface area contributed by atoms with E-state index < -0.39 is 29.3 Å². The van der Waals surface area contributed by atoms with Gasteiger partial charge in [-0.1, -0.05) is 42.5 Å². The van der Waals surface area contributed by atoms with Crippen LogP contribution in [-0.2, 0) is 11.3 Å². The lowest BCUT2D eigenvalue weighted by molar-refractivity contribution is 0.0992. The highest BCUT2D eigenvalue weighted by molar-refractivity contribution is 6.01. The molecule has 0 spiro atoms. The van der Waals surface area contributed by atoms with Crippen molar-refractivity contribution in [3.05, 3.63) is 71.3 Å². The second-order valence-electron chi connectivity index (χ2n) is 9.08. The van der Waals surface area contributed by atoms with E-state index in [-0.39, 0.29) is 25.4 Å². The van der Waals surface area contributed by atoms with Gasteiger partial charge in [-0.2, -0.15) is 15.8 Å². The number of rotatable bonds is 6. The van der Waals surface area contributed by atoms with E-state index in [0.717, 1.165) is 5.56 Å². The predicted octanol–water partition coefficient (Wildman–Crippen LogP) is 4.58. The van der Waals surface area contributed by atoms with E-state index in [1.807, 2.05) is 30.3 Å². The number of hydrogen-bond donors (Lipinski definition) is 1. The first kappa shape index (κ1) is 26.3. The van der Waals surface area contributed by atoms with E-state index in [1.165, 1.54) is 12.0 Å². The van der Waals surface area contributed by atoms with Crippen molar-refractivity contribution in [2.24, 2.45) is 17.3 Å². The lowest BCUT2D eigenvalue weighted by Crippen LogP contribution is -2.53. The van der Waals surface area contributed by atoms with Crippen LogP contribution < -0.4 is 9.47 Å². The summed E-state index contributed by atoms with van der Waals surface area (Å²) in [6, 6.07) is 21.0. The maximum Gasteiger partial charge on any atom is 0.410 e. The number of amides is 1. The number of nitrogens with zero attached hydrogens (tertiary/aromatic N) is 4. The van der Waals surface area contributed by atoms with Gasteiger partial charge >= 0.3 is 6.09 Å². The molecule has 1 N–H and O–H groups in total. The van der Waals surface area contributed by atoms with Gasteiger partial charge < -0.3 is 24.5 Å². The fourth-order valence-electron chi connectivity index (χ4n) is 5.28. The number of fused-ring (bicyclic) bond motifs is 1. The Kier molecular flexibility index (Phi) is 7.65. The van der Waals surface area contributed by atoms with Crippen LogP contribution in [0.3, 0.4) is 0 Å². The van der Waals surface area contributed by atoms with Crippen LogP contribution in [-0.4, -0.2) is 43.5 Å². The number of carbonyl (C=O) groups is 1. The van der Waals surface area contributed by atoms with Crippen molar-refractivity contribution >= 4 is 11.8 Å². The molecule has 1 saturated carbocycles. The zero-order valence-corrected chi connectivity index (χ0v) is 21.2. The molecule has 38 heavy (non-hydrogen) atoms. The summed E-state index contributed by atoms with van der Waals surface area (Å²) >= 11 is 0. The Morgan fingerprint density at radius 2 is 1.87 bits per heavy atom. The monoisotopic (exact) mass is 509 g/mol. The minimum absolute atomic E-state index is 0.139. The molecule has 1 amide bonds. The summed E-state index contributed by atoms with van der Waals surface area (Å²) in [5, 5.41) is 39.3. The van der Waals surface area contributed by atoms with Gasteiger partial charge in [0.15, 0.2) is 16.9 Å². The molecule has 3 unspecified atom stereocenters. The van der Waals surface area contributed by atoms with Crippen molar-refractivity contribution in [3.63, 3.8) is 0 Å². The molecule has 2 aromatic carbocycles. The summed E-state index contributed by atoms with van der Waals surface area (Å²) in [4.78, 5) is 14.1. The maximum absolute atomic E-state index is 12.6. The van der Waals surface area contributed by atoms with E-state index in [9.17, 15) is 20.6 Å². The van der Waals surface area contributed by atoms with Crippen LogP contribution in [0.15, 0.2) is 60.2 Å². The zero-order valence-electron chi connectivity index (χ0n) is 21.2. The van der Waals surface area contributed by atoms with E-state index in [2.05, 4.69) is 18.2 Å². The van der Waals surface area contributed by atoms with Gasteiger partial charge in [0.25, 0.3) is 0 Å². The minimum Gasteiger partial charge on any atom is -0.493 e. The lowest BCUT2D eigenvalue weighted by atomic mass is 9.54.